The molecule has 126 valence electrons. The smallest absolute Gasteiger partial charge is 0.254 e. The average Bonchev–Trinajstić information content (AvgIpc) is 2.90. The fourth-order valence-corrected chi connectivity index (χ4v) is 4.12. The first-order valence-corrected chi connectivity index (χ1v) is 8.81. The first kappa shape index (κ1) is 15.6. The highest BCUT2D eigenvalue weighted by Gasteiger charge is 2.44. The van der Waals surface area contributed by atoms with Crippen molar-refractivity contribution in [1.82, 2.24) is 4.90 Å². The lowest BCUT2D eigenvalue weighted by molar-refractivity contribution is -0.0484. The van der Waals surface area contributed by atoms with Crippen LogP contribution in [0.1, 0.15) is 30.1 Å². The largest absolute Gasteiger partial charge is 0.374 e. The van der Waals surface area contributed by atoms with Gasteiger partial charge in [-0.05, 0) is 36.6 Å². The third-order valence-corrected chi connectivity index (χ3v) is 5.20. The molecule has 24 heavy (non-hydrogen) atoms. The van der Waals surface area contributed by atoms with Crippen molar-refractivity contribution < 1.29 is 14.3 Å². The van der Waals surface area contributed by atoms with E-state index in [1.165, 1.54) is 0 Å². The Balaban J connectivity index is 1.70. The van der Waals surface area contributed by atoms with Crippen LogP contribution in [-0.2, 0) is 9.47 Å². The molecule has 0 N–H and O–H groups in total. The highest BCUT2D eigenvalue weighted by atomic mass is 16.5. The molecular weight excluding hydrogens is 302 g/mol. The predicted molar refractivity (Wildman–Crippen MR) is 93.2 cm³/mol. The van der Waals surface area contributed by atoms with Crippen molar-refractivity contribution in [3.63, 3.8) is 0 Å². The van der Waals surface area contributed by atoms with E-state index in [1.807, 2.05) is 54.3 Å². The molecule has 0 radical (unpaired) electrons. The van der Waals surface area contributed by atoms with Crippen LogP contribution in [0.2, 0.25) is 0 Å². The fraction of sp³-hybridized carbons (Fsp3) is 0.450. The Bertz CT molecular complexity index is 739. The molecule has 3 atom stereocenters. The van der Waals surface area contributed by atoms with E-state index < -0.39 is 0 Å². The minimum absolute atomic E-state index is 0.00331. The quantitative estimate of drug-likeness (QED) is 0.869. The molecule has 2 bridgehead atoms. The van der Waals surface area contributed by atoms with Crippen LogP contribution in [0.25, 0.3) is 10.8 Å². The second kappa shape index (κ2) is 6.54. The highest BCUT2D eigenvalue weighted by molar-refractivity contribution is 6.07. The summed E-state index contributed by atoms with van der Waals surface area (Å²) in [5.41, 5.74) is 0.772. The van der Waals surface area contributed by atoms with Crippen LogP contribution < -0.4 is 0 Å². The van der Waals surface area contributed by atoms with Gasteiger partial charge in [0.2, 0.25) is 0 Å². The van der Waals surface area contributed by atoms with Gasteiger partial charge in [0.15, 0.2) is 0 Å². The monoisotopic (exact) mass is 325 g/mol. The molecule has 0 spiro atoms. The maximum atomic E-state index is 13.3. The molecule has 4 heteroatoms. The molecule has 2 aromatic carbocycles. The molecule has 0 aromatic heterocycles. The van der Waals surface area contributed by atoms with E-state index in [0.717, 1.165) is 29.2 Å². The molecule has 2 aromatic rings. The minimum atomic E-state index is -0.00331. The molecule has 1 aliphatic carbocycles. The molecule has 2 fully saturated rings. The number of hydrogen-bond acceptors (Lipinski definition) is 3. The third-order valence-electron chi connectivity index (χ3n) is 5.20. The van der Waals surface area contributed by atoms with Gasteiger partial charge in [-0.25, -0.2) is 0 Å². The second-order valence-corrected chi connectivity index (χ2v) is 6.50. The number of carbonyl (C=O) groups excluding carboxylic acids is 1. The van der Waals surface area contributed by atoms with E-state index in [4.69, 9.17) is 9.47 Å². The summed E-state index contributed by atoms with van der Waals surface area (Å²) in [4.78, 5) is 15.3. The maximum absolute atomic E-state index is 13.3. The van der Waals surface area contributed by atoms with Crippen molar-refractivity contribution in [2.45, 2.75) is 38.0 Å². The van der Waals surface area contributed by atoms with Crippen molar-refractivity contribution in [3.8, 4) is 0 Å². The Labute approximate surface area is 142 Å². The van der Waals surface area contributed by atoms with E-state index in [0.29, 0.717) is 19.8 Å². The maximum Gasteiger partial charge on any atom is 0.254 e. The molecular formula is C20H23NO3. The van der Waals surface area contributed by atoms with Gasteiger partial charge < -0.3 is 14.4 Å². The topological polar surface area (TPSA) is 38.8 Å². The Morgan fingerprint density at radius 2 is 2.04 bits per heavy atom. The number of benzene rings is 2. The average molecular weight is 325 g/mol. The van der Waals surface area contributed by atoms with Gasteiger partial charge >= 0.3 is 0 Å². The van der Waals surface area contributed by atoms with Crippen molar-refractivity contribution in [2.24, 2.45) is 0 Å². The Kier molecular flexibility index (Phi) is 4.25. The van der Waals surface area contributed by atoms with Crippen LogP contribution in [0.5, 0.6) is 0 Å². The summed E-state index contributed by atoms with van der Waals surface area (Å²) in [5, 5.41) is 2.11. The van der Waals surface area contributed by atoms with Crippen LogP contribution in [0.15, 0.2) is 42.5 Å². The number of ether oxygens (including phenoxy) is 2. The second-order valence-electron chi connectivity index (χ2n) is 6.50. The summed E-state index contributed by atoms with van der Waals surface area (Å²) < 4.78 is 11.9. The summed E-state index contributed by atoms with van der Waals surface area (Å²) in [7, 11) is 0. The summed E-state index contributed by atoms with van der Waals surface area (Å²) in [6.45, 7) is 3.87. The van der Waals surface area contributed by atoms with Gasteiger partial charge in [0, 0.05) is 18.7 Å². The fourth-order valence-electron chi connectivity index (χ4n) is 4.12. The molecule has 1 aliphatic heterocycles. The summed E-state index contributed by atoms with van der Waals surface area (Å²) in [6.07, 6.45) is 2.04. The molecule has 4 rings (SSSR count). The summed E-state index contributed by atoms with van der Waals surface area (Å²) in [5.74, 6) is 0.0904. The van der Waals surface area contributed by atoms with Crippen LogP contribution in [0, 0.1) is 0 Å². The van der Waals surface area contributed by atoms with Gasteiger partial charge in [0.25, 0.3) is 5.91 Å². The Morgan fingerprint density at radius 3 is 2.92 bits per heavy atom. The zero-order valence-corrected chi connectivity index (χ0v) is 14.0. The van der Waals surface area contributed by atoms with E-state index in [2.05, 4.69) is 0 Å². The van der Waals surface area contributed by atoms with Crippen LogP contribution >= 0.6 is 0 Å². The molecule has 1 amide bonds. The Morgan fingerprint density at radius 1 is 1.21 bits per heavy atom. The predicted octanol–water partition coefficient (Wildman–Crippen LogP) is 3.25. The molecule has 1 heterocycles. The molecule has 4 nitrogen and oxygen atoms in total. The van der Waals surface area contributed by atoms with Crippen LogP contribution in [-0.4, -0.2) is 48.8 Å². The standard InChI is InChI=1S/C20H23NO3/c1-2-23-19-17-10-11-18(19)24-13-12-21(17)20(22)16-9-5-7-14-6-3-4-8-15(14)16/h3-9,17-19H,2,10-13H2,1H3. The lowest BCUT2D eigenvalue weighted by atomic mass is 10.0. The van der Waals surface area contributed by atoms with Gasteiger partial charge in [-0.3, -0.25) is 4.79 Å². The summed E-state index contributed by atoms with van der Waals surface area (Å²) in [6, 6.07) is 14.1. The van der Waals surface area contributed by atoms with E-state index >= 15 is 0 Å². The molecule has 1 saturated heterocycles. The van der Waals surface area contributed by atoms with Crippen molar-refractivity contribution in [2.75, 3.05) is 19.8 Å². The van der Waals surface area contributed by atoms with Gasteiger partial charge in [-0.2, -0.15) is 0 Å². The van der Waals surface area contributed by atoms with Crippen LogP contribution in [0.3, 0.4) is 0 Å². The number of nitrogens with zero attached hydrogens (tertiary/aromatic N) is 1. The first-order valence-electron chi connectivity index (χ1n) is 8.81. The number of rotatable bonds is 3. The van der Waals surface area contributed by atoms with Gasteiger partial charge in [-0.15, -0.1) is 0 Å². The zero-order valence-electron chi connectivity index (χ0n) is 14.0. The van der Waals surface area contributed by atoms with Gasteiger partial charge in [0.1, 0.15) is 6.10 Å². The molecule has 2 aliphatic rings. The first-order chi connectivity index (χ1) is 11.8. The minimum Gasteiger partial charge on any atom is -0.374 e. The van der Waals surface area contributed by atoms with Gasteiger partial charge in [0.05, 0.1) is 18.8 Å². The molecule has 3 unspecified atom stereocenters. The third kappa shape index (κ3) is 2.60. The van der Waals surface area contributed by atoms with Crippen molar-refractivity contribution in [1.29, 1.82) is 0 Å². The van der Waals surface area contributed by atoms with Crippen molar-refractivity contribution in [3.05, 3.63) is 48.0 Å². The van der Waals surface area contributed by atoms with E-state index in [1.54, 1.807) is 0 Å². The van der Waals surface area contributed by atoms with Crippen molar-refractivity contribution >= 4 is 16.7 Å². The number of fused-ring (bicyclic) bond motifs is 3. The SMILES string of the molecule is CCOC1C2CCC1N(C(=O)c1cccc3ccccc13)CCO2. The van der Waals surface area contributed by atoms with Gasteiger partial charge in [-0.1, -0.05) is 36.4 Å². The Hall–Kier alpha value is -1.91. The lowest BCUT2D eigenvalue weighted by Crippen LogP contribution is -2.46. The van der Waals surface area contributed by atoms with E-state index in [-0.39, 0.29) is 24.2 Å². The molecule has 1 saturated carbocycles. The normalized spacial score (nSPS) is 26.5. The van der Waals surface area contributed by atoms with E-state index in [9.17, 15) is 4.79 Å². The lowest BCUT2D eigenvalue weighted by Gasteiger charge is -2.31. The highest BCUT2D eigenvalue weighted by Crippen LogP contribution is 2.33. The zero-order chi connectivity index (χ0) is 16.5. The number of amides is 1. The summed E-state index contributed by atoms with van der Waals surface area (Å²) >= 11 is 0. The number of carbonyl (C=O) groups is 1. The number of hydrogen-bond donors (Lipinski definition) is 0. The van der Waals surface area contributed by atoms with Crippen LogP contribution in [0.4, 0.5) is 0 Å².